The SMILES string of the molecule is C=CC(=O)Nc1nc(N2CCCCC2)sc1CC(=O)c1ccc2cc3n(c2c1)C1(CCC1)CNC3=O. The fourth-order valence-corrected chi connectivity index (χ4v) is 6.71. The summed E-state index contributed by atoms with van der Waals surface area (Å²) in [4.78, 5) is 45.8. The van der Waals surface area contributed by atoms with Crippen LogP contribution in [0.2, 0.25) is 0 Å². The van der Waals surface area contributed by atoms with Gasteiger partial charge in [0, 0.05) is 42.5 Å². The molecule has 36 heavy (non-hydrogen) atoms. The molecule has 0 radical (unpaired) electrons. The van der Waals surface area contributed by atoms with Gasteiger partial charge >= 0.3 is 0 Å². The number of nitrogens with one attached hydrogen (secondary N) is 2. The Hall–Kier alpha value is -3.46. The minimum atomic E-state index is -0.343. The van der Waals surface area contributed by atoms with Gasteiger partial charge in [-0.25, -0.2) is 4.98 Å². The molecule has 1 aromatic carbocycles. The van der Waals surface area contributed by atoms with Crippen LogP contribution < -0.4 is 15.5 Å². The summed E-state index contributed by atoms with van der Waals surface area (Å²) in [6.45, 7) is 6.03. The molecule has 9 heteroatoms. The largest absolute Gasteiger partial charge is 0.348 e. The van der Waals surface area contributed by atoms with E-state index in [9.17, 15) is 14.4 Å². The Labute approximate surface area is 213 Å². The van der Waals surface area contributed by atoms with E-state index in [0.29, 0.717) is 23.6 Å². The molecular formula is C27H29N5O3S. The van der Waals surface area contributed by atoms with E-state index in [0.717, 1.165) is 66.1 Å². The zero-order valence-corrected chi connectivity index (χ0v) is 21.0. The number of Topliss-reactive ketones (excluding diaryl/α,β-unsaturated/α-hetero) is 1. The average Bonchev–Trinajstić information content (AvgIpc) is 3.45. The van der Waals surface area contributed by atoms with Crippen LogP contribution in [0.5, 0.6) is 0 Å². The summed E-state index contributed by atoms with van der Waals surface area (Å²) in [5, 5.41) is 7.63. The molecule has 1 spiro atoms. The third kappa shape index (κ3) is 3.82. The molecule has 1 saturated heterocycles. The lowest BCUT2D eigenvalue weighted by Gasteiger charge is -2.47. The molecular weight excluding hydrogens is 474 g/mol. The third-order valence-corrected chi connectivity index (χ3v) is 8.87. The lowest BCUT2D eigenvalue weighted by molar-refractivity contribution is -0.111. The number of piperidine rings is 1. The van der Waals surface area contributed by atoms with Crippen LogP contribution in [0.3, 0.4) is 0 Å². The molecule has 0 atom stereocenters. The van der Waals surface area contributed by atoms with Crippen LogP contribution in [0, 0.1) is 0 Å². The maximum atomic E-state index is 13.5. The molecule has 0 unspecified atom stereocenters. The highest BCUT2D eigenvalue weighted by atomic mass is 32.1. The molecule has 2 aromatic heterocycles. The molecule has 3 aromatic rings. The summed E-state index contributed by atoms with van der Waals surface area (Å²) < 4.78 is 2.17. The van der Waals surface area contributed by atoms with Crippen LogP contribution in [0.1, 0.15) is 64.2 Å². The topological polar surface area (TPSA) is 96.3 Å². The molecule has 2 fully saturated rings. The fraction of sp³-hybridized carbons (Fsp3) is 0.407. The third-order valence-electron chi connectivity index (χ3n) is 7.76. The van der Waals surface area contributed by atoms with Gasteiger partial charge in [0.15, 0.2) is 10.9 Å². The van der Waals surface area contributed by atoms with Gasteiger partial charge in [-0.05, 0) is 56.7 Å². The number of carbonyl (C=O) groups excluding carboxylic acids is 3. The van der Waals surface area contributed by atoms with Crippen molar-refractivity contribution in [3.05, 3.63) is 53.1 Å². The number of carbonyl (C=O) groups is 3. The van der Waals surface area contributed by atoms with Gasteiger partial charge in [0.25, 0.3) is 5.91 Å². The molecule has 186 valence electrons. The van der Waals surface area contributed by atoms with E-state index >= 15 is 0 Å². The second kappa shape index (κ2) is 8.89. The van der Waals surface area contributed by atoms with Crippen LogP contribution in [0.4, 0.5) is 10.9 Å². The van der Waals surface area contributed by atoms with Gasteiger partial charge in [0.05, 0.1) is 10.4 Å². The number of aromatic nitrogens is 2. The van der Waals surface area contributed by atoms with Crippen LogP contribution in [0.15, 0.2) is 36.9 Å². The molecule has 1 aliphatic carbocycles. The Balaban J connectivity index is 1.33. The number of rotatable bonds is 6. The highest BCUT2D eigenvalue weighted by molar-refractivity contribution is 7.16. The van der Waals surface area contributed by atoms with Gasteiger partial charge in [-0.15, -0.1) is 0 Å². The van der Waals surface area contributed by atoms with E-state index in [2.05, 4.69) is 31.7 Å². The second-order valence-corrected chi connectivity index (χ2v) is 11.1. The van der Waals surface area contributed by atoms with E-state index in [-0.39, 0.29) is 29.6 Å². The summed E-state index contributed by atoms with van der Waals surface area (Å²) >= 11 is 1.47. The van der Waals surface area contributed by atoms with E-state index in [1.165, 1.54) is 23.8 Å². The van der Waals surface area contributed by atoms with E-state index in [1.54, 1.807) is 0 Å². The van der Waals surface area contributed by atoms with Crippen molar-refractivity contribution < 1.29 is 14.4 Å². The minimum Gasteiger partial charge on any atom is -0.348 e. The monoisotopic (exact) mass is 503 g/mol. The molecule has 6 rings (SSSR count). The molecule has 3 aliphatic rings. The van der Waals surface area contributed by atoms with Gasteiger partial charge in [0.1, 0.15) is 11.5 Å². The number of fused-ring (bicyclic) bond motifs is 4. The Kier molecular flexibility index (Phi) is 5.67. The lowest BCUT2D eigenvalue weighted by atomic mass is 9.75. The Morgan fingerprint density at radius 1 is 1.17 bits per heavy atom. The summed E-state index contributed by atoms with van der Waals surface area (Å²) in [6, 6.07) is 7.61. The van der Waals surface area contributed by atoms with Gasteiger partial charge in [0.2, 0.25) is 5.91 Å². The van der Waals surface area contributed by atoms with Crippen LogP contribution >= 0.6 is 11.3 Å². The molecule has 1 saturated carbocycles. The second-order valence-electron chi connectivity index (χ2n) is 10.0. The van der Waals surface area contributed by atoms with Crippen molar-refractivity contribution >= 4 is 50.8 Å². The molecule has 2 aliphatic heterocycles. The van der Waals surface area contributed by atoms with Crippen molar-refractivity contribution in [1.29, 1.82) is 0 Å². The highest BCUT2D eigenvalue weighted by Gasteiger charge is 2.44. The average molecular weight is 504 g/mol. The van der Waals surface area contributed by atoms with Gasteiger partial charge < -0.3 is 20.1 Å². The number of amides is 2. The molecule has 4 heterocycles. The zero-order valence-electron chi connectivity index (χ0n) is 20.1. The van der Waals surface area contributed by atoms with Crippen LogP contribution in [-0.2, 0) is 16.8 Å². The molecule has 2 amide bonds. The first-order valence-corrected chi connectivity index (χ1v) is 13.4. The van der Waals surface area contributed by atoms with E-state index in [4.69, 9.17) is 0 Å². The van der Waals surface area contributed by atoms with Crippen molar-refractivity contribution in [2.75, 3.05) is 29.9 Å². The summed E-state index contributed by atoms with van der Waals surface area (Å²) in [6.07, 6.45) is 7.97. The summed E-state index contributed by atoms with van der Waals surface area (Å²) in [5.74, 6) is -0.0121. The maximum absolute atomic E-state index is 13.5. The van der Waals surface area contributed by atoms with Gasteiger partial charge in [-0.3, -0.25) is 14.4 Å². The first-order valence-electron chi connectivity index (χ1n) is 12.6. The van der Waals surface area contributed by atoms with Crippen LogP contribution in [-0.4, -0.2) is 46.8 Å². The van der Waals surface area contributed by atoms with Crippen molar-refractivity contribution in [2.45, 2.75) is 50.5 Å². The van der Waals surface area contributed by atoms with Crippen LogP contribution in [0.25, 0.3) is 10.9 Å². The lowest BCUT2D eigenvalue weighted by Crippen LogP contribution is -2.55. The number of hydrogen-bond donors (Lipinski definition) is 2. The summed E-state index contributed by atoms with van der Waals surface area (Å²) in [7, 11) is 0. The quantitative estimate of drug-likeness (QED) is 0.387. The first kappa shape index (κ1) is 23.0. The number of benzene rings is 1. The summed E-state index contributed by atoms with van der Waals surface area (Å²) in [5.41, 5.74) is 2.11. The van der Waals surface area contributed by atoms with Gasteiger partial charge in [-0.1, -0.05) is 30.0 Å². The standard InChI is InChI=1S/C27H29N5O3S/c1-2-23(34)29-24-22(36-26(30-24)31-11-4-3-5-12-31)15-21(33)18-8-7-17-13-20-25(35)28-16-27(9-6-10-27)32(20)19(17)14-18/h2,7-8,13-14H,1,3-6,9-12,15-16H2,(H,28,35)(H,29,34). The number of thiazole rings is 1. The molecule has 2 N–H and O–H groups in total. The first-order chi connectivity index (χ1) is 17.5. The number of nitrogens with zero attached hydrogens (tertiary/aromatic N) is 3. The normalized spacial score (nSPS) is 18.4. The van der Waals surface area contributed by atoms with E-state index in [1.807, 2.05) is 24.3 Å². The van der Waals surface area contributed by atoms with Crippen molar-refractivity contribution in [2.24, 2.45) is 0 Å². The number of ketones is 1. The zero-order chi connectivity index (χ0) is 24.9. The van der Waals surface area contributed by atoms with Crippen molar-refractivity contribution in [3.63, 3.8) is 0 Å². The smallest absolute Gasteiger partial charge is 0.268 e. The number of anilines is 2. The number of hydrogen-bond acceptors (Lipinski definition) is 6. The predicted octanol–water partition coefficient (Wildman–Crippen LogP) is 4.26. The van der Waals surface area contributed by atoms with Gasteiger partial charge in [-0.2, -0.15) is 0 Å². The molecule has 8 nitrogen and oxygen atoms in total. The predicted molar refractivity (Wildman–Crippen MR) is 141 cm³/mol. The van der Waals surface area contributed by atoms with Crippen molar-refractivity contribution in [3.8, 4) is 0 Å². The van der Waals surface area contributed by atoms with Crippen molar-refractivity contribution in [1.82, 2.24) is 14.9 Å². The highest BCUT2D eigenvalue weighted by Crippen LogP contribution is 2.44. The Morgan fingerprint density at radius 3 is 2.69 bits per heavy atom. The fourth-order valence-electron chi connectivity index (χ4n) is 5.65. The Bertz CT molecular complexity index is 1390. The van der Waals surface area contributed by atoms with E-state index < -0.39 is 0 Å². The minimum absolute atomic E-state index is 0.0432. The molecule has 0 bridgehead atoms. The Morgan fingerprint density at radius 2 is 1.97 bits per heavy atom. The maximum Gasteiger partial charge on any atom is 0.268 e.